The van der Waals surface area contributed by atoms with Gasteiger partial charge in [-0.3, -0.25) is 4.79 Å². The first kappa shape index (κ1) is 11.5. The highest BCUT2D eigenvalue weighted by Gasteiger charge is 2.22. The summed E-state index contributed by atoms with van der Waals surface area (Å²) in [7, 11) is 0. The summed E-state index contributed by atoms with van der Waals surface area (Å²) in [4.78, 5) is 10.5. The van der Waals surface area contributed by atoms with Crippen molar-refractivity contribution < 1.29 is 9.90 Å². The van der Waals surface area contributed by atoms with Crippen LogP contribution < -0.4 is 5.32 Å². The SMILES string of the molecule is CCC(CCC(=O)O)C1CCCNC1. The van der Waals surface area contributed by atoms with E-state index < -0.39 is 5.97 Å². The lowest BCUT2D eigenvalue weighted by Gasteiger charge is -2.29. The van der Waals surface area contributed by atoms with Crippen LogP contribution in [0.4, 0.5) is 0 Å². The fraction of sp³-hybridized carbons (Fsp3) is 0.909. The Kier molecular flexibility index (Phi) is 4.94. The maximum Gasteiger partial charge on any atom is 0.303 e. The van der Waals surface area contributed by atoms with Crippen LogP contribution in [-0.4, -0.2) is 24.2 Å². The second kappa shape index (κ2) is 6.02. The van der Waals surface area contributed by atoms with E-state index >= 15 is 0 Å². The third-order valence-corrected chi connectivity index (χ3v) is 3.26. The lowest BCUT2D eigenvalue weighted by atomic mass is 9.82. The summed E-state index contributed by atoms with van der Waals surface area (Å²) < 4.78 is 0. The molecule has 2 unspecified atom stereocenters. The van der Waals surface area contributed by atoms with Crippen LogP contribution in [0.5, 0.6) is 0 Å². The summed E-state index contributed by atoms with van der Waals surface area (Å²) in [6.45, 7) is 4.38. The van der Waals surface area contributed by atoms with Crippen LogP contribution in [0.3, 0.4) is 0 Å². The standard InChI is InChI=1S/C11H21NO2/c1-2-9(5-6-11(13)14)10-4-3-7-12-8-10/h9-10,12H,2-8H2,1H3,(H,13,14). The van der Waals surface area contributed by atoms with E-state index in [1.54, 1.807) is 0 Å². The monoisotopic (exact) mass is 199 g/mol. The Balaban J connectivity index is 2.31. The number of hydrogen-bond acceptors (Lipinski definition) is 2. The molecule has 3 nitrogen and oxygen atoms in total. The topological polar surface area (TPSA) is 49.3 Å². The molecule has 1 heterocycles. The number of rotatable bonds is 5. The van der Waals surface area contributed by atoms with Crippen LogP contribution in [0.15, 0.2) is 0 Å². The molecule has 0 saturated carbocycles. The predicted octanol–water partition coefficient (Wildman–Crippen LogP) is 1.88. The van der Waals surface area contributed by atoms with Gasteiger partial charge in [-0.05, 0) is 44.2 Å². The van der Waals surface area contributed by atoms with Crippen molar-refractivity contribution in [2.45, 2.75) is 39.0 Å². The average molecular weight is 199 g/mol. The van der Waals surface area contributed by atoms with Gasteiger partial charge in [-0.25, -0.2) is 0 Å². The van der Waals surface area contributed by atoms with E-state index in [0.717, 1.165) is 25.9 Å². The summed E-state index contributed by atoms with van der Waals surface area (Å²) in [5, 5.41) is 12.0. The molecular weight excluding hydrogens is 178 g/mol. The van der Waals surface area contributed by atoms with Gasteiger partial charge in [-0.2, -0.15) is 0 Å². The molecule has 0 spiro atoms. The molecule has 2 N–H and O–H groups in total. The number of hydrogen-bond donors (Lipinski definition) is 2. The van der Waals surface area contributed by atoms with Crippen molar-refractivity contribution in [3.05, 3.63) is 0 Å². The van der Waals surface area contributed by atoms with Gasteiger partial charge >= 0.3 is 5.97 Å². The molecule has 0 bridgehead atoms. The molecule has 14 heavy (non-hydrogen) atoms. The van der Waals surface area contributed by atoms with Crippen molar-refractivity contribution in [3.8, 4) is 0 Å². The third kappa shape index (κ3) is 3.66. The van der Waals surface area contributed by atoms with Gasteiger partial charge in [-0.15, -0.1) is 0 Å². The smallest absolute Gasteiger partial charge is 0.303 e. The van der Waals surface area contributed by atoms with Crippen LogP contribution >= 0.6 is 0 Å². The summed E-state index contributed by atoms with van der Waals surface area (Å²) in [5.41, 5.74) is 0. The van der Waals surface area contributed by atoms with Gasteiger partial charge in [0.2, 0.25) is 0 Å². The molecule has 0 aromatic rings. The minimum Gasteiger partial charge on any atom is -0.481 e. The number of carboxylic acids is 1. The Morgan fingerprint density at radius 2 is 2.43 bits per heavy atom. The van der Waals surface area contributed by atoms with E-state index in [1.807, 2.05) is 0 Å². The third-order valence-electron chi connectivity index (χ3n) is 3.26. The van der Waals surface area contributed by atoms with E-state index in [4.69, 9.17) is 5.11 Å². The average Bonchev–Trinajstić information content (AvgIpc) is 2.20. The van der Waals surface area contributed by atoms with Crippen molar-refractivity contribution in [2.24, 2.45) is 11.8 Å². The van der Waals surface area contributed by atoms with Gasteiger partial charge < -0.3 is 10.4 Å². The second-order valence-electron chi connectivity index (χ2n) is 4.21. The summed E-state index contributed by atoms with van der Waals surface area (Å²) in [6.07, 6.45) is 4.80. The highest BCUT2D eigenvalue weighted by molar-refractivity contribution is 5.66. The summed E-state index contributed by atoms with van der Waals surface area (Å²) in [5.74, 6) is 0.638. The second-order valence-corrected chi connectivity index (χ2v) is 4.21. The van der Waals surface area contributed by atoms with Gasteiger partial charge in [0.15, 0.2) is 0 Å². The van der Waals surface area contributed by atoms with Gasteiger partial charge in [-0.1, -0.05) is 13.3 Å². The Hall–Kier alpha value is -0.570. The highest BCUT2D eigenvalue weighted by Crippen LogP contribution is 2.26. The Labute approximate surface area is 85.9 Å². The van der Waals surface area contributed by atoms with Gasteiger partial charge in [0.1, 0.15) is 0 Å². The first-order valence-electron chi connectivity index (χ1n) is 5.66. The molecule has 1 rings (SSSR count). The number of nitrogens with one attached hydrogen (secondary N) is 1. The molecule has 1 saturated heterocycles. The number of carboxylic acid groups (broad SMARTS) is 1. The largest absolute Gasteiger partial charge is 0.481 e. The van der Waals surface area contributed by atoms with Crippen LogP contribution in [0, 0.1) is 11.8 Å². The van der Waals surface area contributed by atoms with E-state index in [0.29, 0.717) is 18.3 Å². The maximum atomic E-state index is 10.5. The lowest BCUT2D eigenvalue weighted by molar-refractivity contribution is -0.137. The molecule has 1 aliphatic heterocycles. The maximum absolute atomic E-state index is 10.5. The minimum absolute atomic E-state index is 0.328. The highest BCUT2D eigenvalue weighted by atomic mass is 16.4. The van der Waals surface area contributed by atoms with Crippen LogP contribution in [0.1, 0.15) is 39.0 Å². The predicted molar refractivity (Wildman–Crippen MR) is 56.2 cm³/mol. The van der Waals surface area contributed by atoms with Crippen molar-refractivity contribution in [1.82, 2.24) is 5.32 Å². The van der Waals surface area contributed by atoms with Crippen molar-refractivity contribution in [3.63, 3.8) is 0 Å². The number of carbonyl (C=O) groups is 1. The molecule has 0 amide bonds. The molecule has 1 fully saturated rings. The van der Waals surface area contributed by atoms with Crippen LogP contribution in [0.2, 0.25) is 0 Å². The number of aliphatic carboxylic acids is 1. The molecule has 0 aromatic heterocycles. The zero-order valence-corrected chi connectivity index (χ0v) is 8.96. The summed E-state index contributed by atoms with van der Waals surface area (Å²) in [6, 6.07) is 0. The molecule has 0 aliphatic carbocycles. The lowest BCUT2D eigenvalue weighted by Crippen LogP contribution is -2.34. The zero-order chi connectivity index (χ0) is 10.4. The van der Waals surface area contributed by atoms with E-state index in [1.165, 1.54) is 12.8 Å². The zero-order valence-electron chi connectivity index (χ0n) is 8.96. The fourth-order valence-corrected chi connectivity index (χ4v) is 2.36. The van der Waals surface area contributed by atoms with Crippen molar-refractivity contribution in [1.29, 1.82) is 0 Å². The number of piperidine rings is 1. The van der Waals surface area contributed by atoms with Crippen molar-refractivity contribution >= 4 is 5.97 Å². The van der Waals surface area contributed by atoms with Gasteiger partial charge in [0.25, 0.3) is 0 Å². The Morgan fingerprint density at radius 3 is 2.93 bits per heavy atom. The molecule has 1 aliphatic rings. The van der Waals surface area contributed by atoms with Crippen LogP contribution in [-0.2, 0) is 4.79 Å². The summed E-state index contributed by atoms with van der Waals surface area (Å²) >= 11 is 0. The minimum atomic E-state index is -0.660. The van der Waals surface area contributed by atoms with Gasteiger partial charge in [0.05, 0.1) is 0 Å². The fourth-order valence-electron chi connectivity index (χ4n) is 2.36. The first-order valence-corrected chi connectivity index (χ1v) is 5.66. The van der Waals surface area contributed by atoms with E-state index in [-0.39, 0.29) is 0 Å². The molecule has 82 valence electrons. The quantitative estimate of drug-likeness (QED) is 0.710. The Bertz CT molecular complexity index is 176. The van der Waals surface area contributed by atoms with E-state index in [2.05, 4.69) is 12.2 Å². The molecule has 0 radical (unpaired) electrons. The van der Waals surface area contributed by atoms with Crippen LogP contribution in [0.25, 0.3) is 0 Å². The molecular formula is C11H21NO2. The molecule has 3 heteroatoms. The first-order chi connectivity index (χ1) is 6.74. The molecule has 0 aromatic carbocycles. The molecule has 2 atom stereocenters. The van der Waals surface area contributed by atoms with Gasteiger partial charge in [0, 0.05) is 6.42 Å². The van der Waals surface area contributed by atoms with Crippen molar-refractivity contribution in [2.75, 3.05) is 13.1 Å². The Morgan fingerprint density at radius 1 is 1.64 bits per heavy atom. The van der Waals surface area contributed by atoms with E-state index in [9.17, 15) is 4.79 Å². The normalized spacial score (nSPS) is 24.5.